The molecule has 1 heterocycles. The summed E-state index contributed by atoms with van der Waals surface area (Å²) in [6.45, 7) is 3.51. The van der Waals surface area contributed by atoms with Crippen LogP contribution in [0.1, 0.15) is 35.7 Å². The summed E-state index contributed by atoms with van der Waals surface area (Å²) in [5.74, 6) is 0.0152. The van der Waals surface area contributed by atoms with Crippen LogP contribution in [0.15, 0.2) is 48.5 Å². The highest BCUT2D eigenvalue weighted by molar-refractivity contribution is 5.95. The summed E-state index contributed by atoms with van der Waals surface area (Å²) >= 11 is 0. The zero-order valence-electron chi connectivity index (χ0n) is 13.8. The minimum absolute atomic E-state index is 0.0152. The van der Waals surface area contributed by atoms with Gasteiger partial charge in [-0.25, -0.2) is 0 Å². The number of carbonyl (C=O) groups excluding carboxylic acids is 1. The number of piperidine rings is 1. The van der Waals surface area contributed by atoms with E-state index in [0.717, 1.165) is 31.6 Å². The van der Waals surface area contributed by atoms with Crippen molar-refractivity contribution in [2.24, 2.45) is 0 Å². The molecule has 0 aromatic heterocycles. The summed E-state index contributed by atoms with van der Waals surface area (Å²) in [6.07, 6.45) is 2.01. The number of carbonyl (C=O) groups is 1. The molecule has 1 aliphatic rings. The van der Waals surface area contributed by atoms with Gasteiger partial charge in [-0.2, -0.15) is 5.26 Å². The van der Waals surface area contributed by atoms with Crippen LogP contribution in [0.2, 0.25) is 0 Å². The van der Waals surface area contributed by atoms with E-state index in [2.05, 4.69) is 40.6 Å². The molecule has 1 aliphatic heterocycles. The lowest BCUT2D eigenvalue weighted by Gasteiger charge is -2.34. The molecular weight excluding hydrogens is 298 g/mol. The van der Waals surface area contributed by atoms with Crippen molar-refractivity contribution in [1.29, 1.82) is 5.26 Å². The summed E-state index contributed by atoms with van der Waals surface area (Å²) in [7, 11) is 0. The van der Waals surface area contributed by atoms with E-state index >= 15 is 0 Å². The number of hydrogen-bond donors (Lipinski definition) is 1. The standard InChI is InChI=1S/C20H21N3O/c1-15(24)16-7-8-17(14-21)20(13-16)22-18-9-11-23(12-10-18)19-5-3-2-4-6-19/h2-8,13,18,22H,9-12H2,1H3. The number of benzene rings is 2. The van der Waals surface area contributed by atoms with Crippen molar-refractivity contribution in [1.82, 2.24) is 0 Å². The minimum atomic E-state index is 0.0152. The van der Waals surface area contributed by atoms with Gasteiger partial charge in [0.25, 0.3) is 0 Å². The SMILES string of the molecule is CC(=O)c1ccc(C#N)c(NC2CCN(c3ccccc3)CC2)c1. The Morgan fingerprint density at radius 1 is 1.17 bits per heavy atom. The summed E-state index contributed by atoms with van der Waals surface area (Å²) in [4.78, 5) is 14.0. The first-order chi connectivity index (χ1) is 11.7. The van der Waals surface area contributed by atoms with Crippen LogP contribution in [-0.4, -0.2) is 24.9 Å². The van der Waals surface area contributed by atoms with Gasteiger partial charge in [0.2, 0.25) is 0 Å². The average molecular weight is 319 g/mol. The fraction of sp³-hybridized carbons (Fsp3) is 0.300. The first-order valence-corrected chi connectivity index (χ1v) is 8.29. The number of nitrogens with one attached hydrogen (secondary N) is 1. The quantitative estimate of drug-likeness (QED) is 0.870. The number of ketones is 1. The van der Waals surface area contributed by atoms with E-state index in [-0.39, 0.29) is 5.78 Å². The molecule has 0 atom stereocenters. The van der Waals surface area contributed by atoms with Gasteiger partial charge in [-0.3, -0.25) is 4.79 Å². The lowest BCUT2D eigenvalue weighted by Crippen LogP contribution is -2.39. The molecule has 2 aromatic rings. The largest absolute Gasteiger partial charge is 0.381 e. The monoisotopic (exact) mass is 319 g/mol. The average Bonchev–Trinajstić information content (AvgIpc) is 2.63. The summed E-state index contributed by atoms with van der Waals surface area (Å²) in [6, 6.07) is 18.2. The first kappa shape index (κ1) is 16.1. The van der Waals surface area contributed by atoms with Crippen LogP contribution in [0.25, 0.3) is 0 Å². The van der Waals surface area contributed by atoms with Crippen molar-refractivity contribution in [2.75, 3.05) is 23.3 Å². The lowest BCUT2D eigenvalue weighted by molar-refractivity contribution is 0.101. The van der Waals surface area contributed by atoms with Crippen molar-refractivity contribution >= 4 is 17.2 Å². The van der Waals surface area contributed by atoms with Crippen molar-refractivity contribution < 1.29 is 4.79 Å². The van der Waals surface area contributed by atoms with E-state index in [1.165, 1.54) is 5.69 Å². The molecule has 0 aliphatic carbocycles. The minimum Gasteiger partial charge on any atom is -0.381 e. The molecule has 4 heteroatoms. The third kappa shape index (κ3) is 3.57. The van der Waals surface area contributed by atoms with Crippen LogP contribution in [0.5, 0.6) is 0 Å². The summed E-state index contributed by atoms with van der Waals surface area (Å²) in [5, 5.41) is 12.8. The van der Waals surface area contributed by atoms with Gasteiger partial charge in [-0.15, -0.1) is 0 Å². The normalized spacial score (nSPS) is 14.9. The molecule has 3 rings (SSSR count). The number of nitrogens with zero attached hydrogens (tertiary/aromatic N) is 2. The second-order valence-corrected chi connectivity index (χ2v) is 6.17. The Bertz CT molecular complexity index is 756. The molecule has 1 saturated heterocycles. The highest BCUT2D eigenvalue weighted by Gasteiger charge is 2.20. The van der Waals surface area contributed by atoms with Crippen LogP contribution in [-0.2, 0) is 0 Å². The predicted molar refractivity (Wildman–Crippen MR) is 96.5 cm³/mol. The molecule has 0 amide bonds. The predicted octanol–water partition coefficient (Wildman–Crippen LogP) is 3.84. The van der Waals surface area contributed by atoms with Crippen LogP contribution < -0.4 is 10.2 Å². The Labute approximate surface area is 142 Å². The summed E-state index contributed by atoms with van der Waals surface area (Å²) in [5.41, 5.74) is 3.25. The molecule has 0 bridgehead atoms. The van der Waals surface area contributed by atoms with E-state index in [1.54, 1.807) is 25.1 Å². The molecule has 24 heavy (non-hydrogen) atoms. The van der Waals surface area contributed by atoms with Gasteiger partial charge >= 0.3 is 0 Å². The Kier molecular flexibility index (Phi) is 4.81. The maximum Gasteiger partial charge on any atom is 0.159 e. The Hall–Kier alpha value is -2.80. The number of anilines is 2. The van der Waals surface area contributed by atoms with Crippen LogP contribution >= 0.6 is 0 Å². The van der Waals surface area contributed by atoms with Crippen molar-refractivity contribution in [3.8, 4) is 6.07 Å². The van der Waals surface area contributed by atoms with Crippen molar-refractivity contribution in [3.63, 3.8) is 0 Å². The molecule has 1 N–H and O–H groups in total. The van der Waals surface area contributed by atoms with Gasteiger partial charge in [0.1, 0.15) is 6.07 Å². The van der Waals surface area contributed by atoms with Crippen LogP contribution in [0.4, 0.5) is 11.4 Å². The third-order valence-corrected chi connectivity index (χ3v) is 4.52. The molecule has 0 saturated carbocycles. The summed E-state index contributed by atoms with van der Waals surface area (Å²) < 4.78 is 0. The second-order valence-electron chi connectivity index (χ2n) is 6.17. The van der Waals surface area contributed by atoms with E-state index < -0.39 is 0 Å². The molecule has 4 nitrogen and oxygen atoms in total. The zero-order valence-corrected chi connectivity index (χ0v) is 13.8. The Morgan fingerprint density at radius 2 is 1.88 bits per heavy atom. The zero-order chi connectivity index (χ0) is 16.9. The van der Waals surface area contributed by atoms with Crippen LogP contribution in [0, 0.1) is 11.3 Å². The molecule has 0 unspecified atom stereocenters. The number of hydrogen-bond acceptors (Lipinski definition) is 4. The second kappa shape index (κ2) is 7.18. The van der Waals surface area contributed by atoms with Gasteiger partial charge in [-0.1, -0.05) is 18.2 Å². The van der Waals surface area contributed by atoms with Gasteiger partial charge in [0.15, 0.2) is 5.78 Å². The smallest absolute Gasteiger partial charge is 0.159 e. The number of para-hydroxylation sites is 1. The molecule has 0 spiro atoms. The van der Waals surface area contributed by atoms with Gasteiger partial charge in [0.05, 0.1) is 11.3 Å². The maximum absolute atomic E-state index is 11.6. The first-order valence-electron chi connectivity index (χ1n) is 8.29. The van der Waals surface area contributed by atoms with Gasteiger partial charge < -0.3 is 10.2 Å². The topological polar surface area (TPSA) is 56.1 Å². The number of nitriles is 1. The van der Waals surface area contributed by atoms with E-state index in [9.17, 15) is 10.1 Å². The molecular formula is C20H21N3O. The molecule has 122 valence electrons. The maximum atomic E-state index is 11.6. The van der Waals surface area contributed by atoms with Crippen molar-refractivity contribution in [3.05, 3.63) is 59.7 Å². The van der Waals surface area contributed by atoms with Gasteiger partial charge in [0, 0.05) is 30.4 Å². The highest BCUT2D eigenvalue weighted by Crippen LogP contribution is 2.24. The van der Waals surface area contributed by atoms with E-state index in [4.69, 9.17) is 0 Å². The fourth-order valence-corrected chi connectivity index (χ4v) is 3.12. The Balaban J connectivity index is 1.67. The van der Waals surface area contributed by atoms with Crippen LogP contribution in [0.3, 0.4) is 0 Å². The lowest BCUT2D eigenvalue weighted by atomic mass is 10.0. The van der Waals surface area contributed by atoms with E-state index in [1.807, 2.05) is 6.07 Å². The highest BCUT2D eigenvalue weighted by atomic mass is 16.1. The Morgan fingerprint density at radius 3 is 2.50 bits per heavy atom. The fourth-order valence-electron chi connectivity index (χ4n) is 3.12. The van der Waals surface area contributed by atoms with E-state index in [0.29, 0.717) is 17.2 Å². The number of rotatable bonds is 4. The molecule has 1 fully saturated rings. The molecule has 2 aromatic carbocycles. The van der Waals surface area contributed by atoms with Gasteiger partial charge in [-0.05, 0) is 50.1 Å². The van der Waals surface area contributed by atoms with Crippen molar-refractivity contribution in [2.45, 2.75) is 25.8 Å². The number of Topliss-reactive ketones (excluding diaryl/α,β-unsaturated/α-hetero) is 1. The molecule has 0 radical (unpaired) electrons. The third-order valence-electron chi connectivity index (χ3n) is 4.52.